The van der Waals surface area contributed by atoms with Gasteiger partial charge in [-0.15, -0.1) is 0 Å². The summed E-state index contributed by atoms with van der Waals surface area (Å²) in [5.74, 6) is 0.742. The van der Waals surface area contributed by atoms with Crippen LogP contribution in [0.25, 0.3) is 0 Å². The number of amides is 2. The first-order chi connectivity index (χ1) is 9.61. The highest BCUT2D eigenvalue weighted by molar-refractivity contribution is 5.94. The van der Waals surface area contributed by atoms with Crippen LogP contribution in [-0.4, -0.2) is 54.9 Å². The number of benzene rings is 1. The summed E-state index contributed by atoms with van der Waals surface area (Å²) in [7, 11) is 1.58. The minimum Gasteiger partial charge on any atom is -0.497 e. The lowest BCUT2D eigenvalue weighted by molar-refractivity contribution is -0.128. The van der Waals surface area contributed by atoms with Gasteiger partial charge < -0.3 is 14.5 Å². The summed E-state index contributed by atoms with van der Waals surface area (Å²) >= 11 is 0. The van der Waals surface area contributed by atoms with Crippen molar-refractivity contribution in [2.75, 3.05) is 33.3 Å². The molecule has 0 saturated carbocycles. The van der Waals surface area contributed by atoms with Gasteiger partial charge in [-0.05, 0) is 24.6 Å². The average Bonchev–Trinajstić information content (AvgIpc) is 2.72. The van der Waals surface area contributed by atoms with Gasteiger partial charge in [-0.1, -0.05) is 6.07 Å². The molecule has 1 aliphatic rings. The topological polar surface area (TPSA) is 49.9 Å². The van der Waals surface area contributed by atoms with Gasteiger partial charge in [0, 0.05) is 38.7 Å². The normalized spacial score (nSPS) is 15.7. The SMILES string of the molecule is COc1cccc(C(=O)N2CCCN(C(C)=O)CC2)c1. The van der Waals surface area contributed by atoms with Gasteiger partial charge in [0.2, 0.25) is 5.91 Å². The molecule has 1 fully saturated rings. The summed E-state index contributed by atoms with van der Waals surface area (Å²) < 4.78 is 5.14. The summed E-state index contributed by atoms with van der Waals surface area (Å²) in [4.78, 5) is 27.4. The Morgan fingerprint density at radius 3 is 2.50 bits per heavy atom. The minimum absolute atomic E-state index is 0.00528. The molecule has 5 nitrogen and oxygen atoms in total. The quantitative estimate of drug-likeness (QED) is 0.820. The zero-order valence-corrected chi connectivity index (χ0v) is 12.0. The fourth-order valence-corrected chi connectivity index (χ4v) is 2.37. The van der Waals surface area contributed by atoms with Crippen molar-refractivity contribution in [3.63, 3.8) is 0 Å². The standard InChI is InChI=1S/C15H20N2O3/c1-12(18)16-7-4-8-17(10-9-16)15(19)13-5-3-6-14(11-13)20-2/h3,5-6,11H,4,7-10H2,1-2H3. The van der Waals surface area contributed by atoms with E-state index >= 15 is 0 Å². The van der Waals surface area contributed by atoms with Gasteiger partial charge in [-0.3, -0.25) is 9.59 Å². The first-order valence-corrected chi connectivity index (χ1v) is 6.80. The lowest BCUT2D eigenvalue weighted by Crippen LogP contribution is -2.36. The van der Waals surface area contributed by atoms with Crippen LogP contribution in [-0.2, 0) is 4.79 Å². The first kappa shape index (κ1) is 14.4. The van der Waals surface area contributed by atoms with Crippen molar-refractivity contribution >= 4 is 11.8 Å². The molecule has 0 spiro atoms. The smallest absolute Gasteiger partial charge is 0.254 e. The summed E-state index contributed by atoms with van der Waals surface area (Å²) in [6, 6.07) is 7.16. The number of carbonyl (C=O) groups excluding carboxylic acids is 2. The zero-order chi connectivity index (χ0) is 14.5. The summed E-state index contributed by atoms with van der Waals surface area (Å²) in [5.41, 5.74) is 0.626. The van der Waals surface area contributed by atoms with E-state index < -0.39 is 0 Å². The molecule has 0 bridgehead atoms. The molecule has 2 rings (SSSR count). The maximum absolute atomic E-state index is 12.5. The van der Waals surface area contributed by atoms with Crippen LogP contribution in [0.4, 0.5) is 0 Å². The van der Waals surface area contributed by atoms with Crippen LogP contribution in [0.1, 0.15) is 23.7 Å². The maximum Gasteiger partial charge on any atom is 0.254 e. The number of methoxy groups -OCH3 is 1. The third kappa shape index (κ3) is 3.29. The van der Waals surface area contributed by atoms with Gasteiger partial charge in [-0.25, -0.2) is 0 Å². The molecule has 1 aromatic carbocycles. The molecule has 1 saturated heterocycles. The van der Waals surface area contributed by atoms with Crippen LogP contribution in [0.15, 0.2) is 24.3 Å². The van der Waals surface area contributed by atoms with Gasteiger partial charge in [0.1, 0.15) is 5.75 Å². The van der Waals surface area contributed by atoms with E-state index in [2.05, 4.69) is 0 Å². The van der Waals surface area contributed by atoms with E-state index in [-0.39, 0.29) is 11.8 Å². The summed E-state index contributed by atoms with van der Waals surface area (Å²) in [5, 5.41) is 0. The monoisotopic (exact) mass is 276 g/mol. The van der Waals surface area contributed by atoms with Gasteiger partial charge in [-0.2, -0.15) is 0 Å². The Morgan fingerprint density at radius 2 is 1.80 bits per heavy atom. The molecule has 20 heavy (non-hydrogen) atoms. The van der Waals surface area contributed by atoms with Gasteiger partial charge >= 0.3 is 0 Å². The molecule has 1 aromatic rings. The Labute approximate surface area is 119 Å². The first-order valence-electron chi connectivity index (χ1n) is 6.80. The van der Waals surface area contributed by atoms with Crippen molar-refractivity contribution in [3.05, 3.63) is 29.8 Å². The van der Waals surface area contributed by atoms with Gasteiger partial charge in [0.25, 0.3) is 5.91 Å². The van der Waals surface area contributed by atoms with Crippen LogP contribution in [0.5, 0.6) is 5.75 Å². The average molecular weight is 276 g/mol. The van der Waals surface area contributed by atoms with E-state index in [4.69, 9.17) is 4.74 Å². The van der Waals surface area contributed by atoms with Gasteiger partial charge in [0.15, 0.2) is 0 Å². The van der Waals surface area contributed by atoms with Crippen LogP contribution >= 0.6 is 0 Å². The second-order valence-electron chi connectivity index (χ2n) is 4.88. The molecule has 0 N–H and O–H groups in total. The lowest BCUT2D eigenvalue weighted by atomic mass is 10.2. The summed E-state index contributed by atoms with van der Waals surface area (Å²) in [6.07, 6.45) is 0.815. The number of rotatable bonds is 2. The summed E-state index contributed by atoms with van der Waals surface area (Å²) in [6.45, 7) is 4.15. The fraction of sp³-hybridized carbons (Fsp3) is 0.467. The van der Waals surface area contributed by atoms with Crippen LogP contribution in [0.3, 0.4) is 0 Å². The third-order valence-electron chi connectivity index (χ3n) is 3.55. The Kier molecular flexibility index (Phi) is 4.61. The van der Waals surface area contributed by atoms with Crippen molar-refractivity contribution < 1.29 is 14.3 Å². The van der Waals surface area contributed by atoms with E-state index in [1.165, 1.54) is 0 Å². The largest absolute Gasteiger partial charge is 0.497 e. The Bertz CT molecular complexity index is 502. The van der Waals surface area contributed by atoms with Gasteiger partial charge in [0.05, 0.1) is 7.11 Å². The molecule has 108 valence electrons. The Balaban J connectivity index is 2.07. The molecule has 1 heterocycles. The van der Waals surface area contributed by atoms with Crippen LogP contribution in [0, 0.1) is 0 Å². The Morgan fingerprint density at radius 1 is 1.10 bits per heavy atom. The van der Waals surface area contributed by atoms with Crippen molar-refractivity contribution in [2.24, 2.45) is 0 Å². The number of ether oxygens (including phenoxy) is 1. The van der Waals surface area contributed by atoms with E-state index in [1.54, 1.807) is 36.0 Å². The third-order valence-corrected chi connectivity index (χ3v) is 3.55. The van der Waals surface area contributed by atoms with E-state index in [9.17, 15) is 9.59 Å². The van der Waals surface area contributed by atoms with Crippen LogP contribution in [0.2, 0.25) is 0 Å². The number of nitrogens with zero attached hydrogens (tertiary/aromatic N) is 2. The zero-order valence-electron chi connectivity index (χ0n) is 12.0. The van der Waals surface area contributed by atoms with Crippen molar-refractivity contribution in [2.45, 2.75) is 13.3 Å². The molecule has 0 aromatic heterocycles. The molecular formula is C15H20N2O3. The van der Waals surface area contributed by atoms with Crippen molar-refractivity contribution in [1.82, 2.24) is 9.80 Å². The molecule has 1 aliphatic heterocycles. The number of carbonyl (C=O) groups is 2. The number of hydrogen-bond donors (Lipinski definition) is 0. The second kappa shape index (κ2) is 6.41. The van der Waals surface area contributed by atoms with Crippen LogP contribution < -0.4 is 4.74 Å². The highest BCUT2D eigenvalue weighted by Gasteiger charge is 2.21. The second-order valence-corrected chi connectivity index (χ2v) is 4.88. The van der Waals surface area contributed by atoms with E-state index in [0.29, 0.717) is 30.9 Å². The highest BCUT2D eigenvalue weighted by Crippen LogP contribution is 2.15. The van der Waals surface area contributed by atoms with Crippen molar-refractivity contribution in [3.8, 4) is 5.75 Å². The molecular weight excluding hydrogens is 256 g/mol. The molecule has 0 radical (unpaired) electrons. The Hall–Kier alpha value is -2.04. The molecule has 0 aliphatic carbocycles. The van der Waals surface area contributed by atoms with Crippen molar-refractivity contribution in [1.29, 1.82) is 0 Å². The molecule has 2 amide bonds. The molecule has 0 unspecified atom stereocenters. The predicted octanol–water partition coefficient (Wildman–Crippen LogP) is 1.39. The minimum atomic E-state index is -0.00528. The predicted molar refractivity (Wildman–Crippen MR) is 75.8 cm³/mol. The van der Waals surface area contributed by atoms with E-state index in [1.807, 2.05) is 12.1 Å². The van der Waals surface area contributed by atoms with E-state index in [0.717, 1.165) is 13.0 Å². The highest BCUT2D eigenvalue weighted by atomic mass is 16.5. The number of hydrogen-bond acceptors (Lipinski definition) is 3. The molecule has 5 heteroatoms. The lowest BCUT2D eigenvalue weighted by Gasteiger charge is -2.21. The fourth-order valence-electron chi connectivity index (χ4n) is 2.37. The molecule has 0 atom stereocenters. The maximum atomic E-state index is 12.5.